The second-order valence-corrected chi connectivity index (χ2v) is 11.4. The third-order valence-electron chi connectivity index (χ3n) is 5.31. The van der Waals surface area contributed by atoms with Gasteiger partial charge >= 0.3 is 0 Å². The van der Waals surface area contributed by atoms with Crippen molar-refractivity contribution in [3.8, 4) is 0 Å². The molecular formula is C22H31N3O3S2. The van der Waals surface area contributed by atoms with Crippen LogP contribution in [0.4, 0.5) is 0 Å². The molecule has 0 bridgehead atoms. The van der Waals surface area contributed by atoms with Crippen molar-refractivity contribution in [3.05, 3.63) is 51.7 Å². The first kappa shape index (κ1) is 22.9. The molecule has 1 aromatic carbocycles. The first-order chi connectivity index (χ1) is 14.1. The Kier molecular flexibility index (Phi) is 7.34. The molecule has 0 atom stereocenters. The smallest absolute Gasteiger partial charge is 0.240 e. The molecule has 1 amide bonds. The fourth-order valence-electron chi connectivity index (χ4n) is 3.46. The van der Waals surface area contributed by atoms with Crippen LogP contribution in [0.2, 0.25) is 0 Å². The maximum Gasteiger partial charge on any atom is 0.240 e. The number of rotatable bonds is 8. The van der Waals surface area contributed by atoms with E-state index in [0.29, 0.717) is 6.54 Å². The van der Waals surface area contributed by atoms with Gasteiger partial charge in [0, 0.05) is 44.0 Å². The number of carbonyl (C=O) groups is 1. The Morgan fingerprint density at radius 3 is 2.57 bits per heavy atom. The Morgan fingerprint density at radius 1 is 1.13 bits per heavy atom. The minimum atomic E-state index is -3.62. The zero-order valence-electron chi connectivity index (χ0n) is 17.9. The van der Waals surface area contributed by atoms with Gasteiger partial charge in [-0.2, -0.15) is 0 Å². The second-order valence-electron chi connectivity index (χ2n) is 8.67. The first-order valence-corrected chi connectivity index (χ1v) is 12.7. The van der Waals surface area contributed by atoms with Gasteiger partial charge in [0.05, 0.1) is 4.90 Å². The molecule has 0 unspecified atom stereocenters. The van der Waals surface area contributed by atoms with E-state index >= 15 is 0 Å². The van der Waals surface area contributed by atoms with Crippen LogP contribution in [0.5, 0.6) is 0 Å². The van der Waals surface area contributed by atoms with Gasteiger partial charge in [0.25, 0.3) is 0 Å². The van der Waals surface area contributed by atoms with Crippen LogP contribution >= 0.6 is 11.3 Å². The van der Waals surface area contributed by atoms with Crippen LogP contribution in [0.3, 0.4) is 0 Å². The SMILES string of the molecule is CC(C)(C)c1ccc(S(=O)(=O)NCCC(=O)NCCN2CCc3sccc3C2)cc1. The van der Waals surface area contributed by atoms with Gasteiger partial charge in [-0.25, -0.2) is 13.1 Å². The van der Waals surface area contributed by atoms with E-state index in [1.54, 1.807) is 12.1 Å². The Labute approximate surface area is 183 Å². The van der Waals surface area contributed by atoms with Crippen LogP contribution in [-0.2, 0) is 33.2 Å². The summed E-state index contributed by atoms with van der Waals surface area (Å²) in [5.74, 6) is -0.144. The zero-order valence-corrected chi connectivity index (χ0v) is 19.5. The molecule has 2 aromatic rings. The van der Waals surface area contributed by atoms with Crippen LogP contribution in [-0.4, -0.2) is 45.4 Å². The number of thiophene rings is 1. The number of carbonyl (C=O) groups excluding carboxylic acids is 1. The summed E-state index contributed by atoms with van der Waals surface area (Å²) in [7, 11) is -3.62. The predicted molar refractivity (Wildman–Crippen MR) is 121 cm³/mol. The standard InChI is InChI=1S/C22H31N3O3S2/c1-22(2,3)18-4-6-19(7-5-18)30(27,28)24-11-8-21(26)23-12-14-25-13-9-20-17(16-25)10-15-29-20/h4-7,10,15,24H,8-9,11-14,16H2,1-3H3,(H,23,26). The largest absolute Gasteiger partial charge is 0.355 e. The number of hydrogen-bond acceptors (Lipinski definition) is 5. The van der Waals surface area contributed by atoms with E-state index in [4.69, 9.17) is 0 Å². The number of amides is 1. The van der Waals surface area contributed by atoms with Crippen molar-refractivity contribution < 1.29 is 13.2 Å². The number of fused-ring (bicyclic) bond motifs is 1. The van der Waals surface area contributed by atoms with Gasteiger partial charge in [-0.05, 0) is 46.5 Å². The maximum absolute atomic E-state index is 12.4. The number of nitrogens with zero attached hydrogens (tertiary/aromatic N) is 1. The summed E-state index contributed by atoms with van der Waals surface area (Å²) in [6.45, 7) is 9.64. The van der Waals surface area contributed by atoms with Crippen LogP contribution in [0.25, 0.3) is 0 Å². The summed E-state index contributed by atoms with van der Waals surface area (Å²) in [5.41, 5.74) is 2.43. The molecule has 3 rings (SSSR count). The summed E-state index contributed by atoms with van der Waals surface area (Å²) < 4.78 is 27.4. The fourth-order valence-corrected chi connectivity index (χ4v) is 5.38. The van der Waals surface area contributed by atoms with Gasteiger partial charge in [0.1, 0.15) is 0 Å². The topological polar surface area (TPSA) is 78.5 Å². The molecule has 6 nitrogen and oxygen atoms in total. The summed E-state index contributed by atoms with van der Waals surface area (Å²) in [4.78, 5) is 16.1. The summed E-state index contributed by atoms with van der Waals surface area (Å²) in [6.07, 6.45) is 1.19. The van der Waals surface area contributed by atoms with Gasteiger partial charge in [-0.1, -0.05) is 32.9 Å². The molecule has 1 aromatic heterocycles. The van der Waals surface area contributed by atoms with Crippen molar-refractivity contribution >= 4 is 27.3 Å². The lowest BCUT2D eigenvalue weighted by Gasteiger charge is -2.26. The van der Waals surface area contributed by atoms with Gasteiger partial charge in [0.15, 0.2) is 0 Å². The Bertz CT molecular complexity index is 960. The van der Waals surface area contributed by atoms with E-state index in [0.717, 1.165) is 31.6 Å². The number of nitrogens with one attached hydrogen (secondary N) is 2. The Morgan fingerprint density at radius 2 is 1.87 bits per heavy atom. The molecule has 2 heterocycles. The number of benzene rings is 1. The van der Waals surface area contributed by atoms with E-state index in [1.807, 2.05) is 23.5 Å². The zero-order chi connectivity index (χ0) is 21.8. The highest BCUT2D eigenvalue weighted by Gasteiger charge is 2.18. The highest BCUT2D eigenvalue weighted by molar-refractivity contribution is 7.89. The summed E-state index contributed by atoms with van der Waals surface area (Å²) in [5, 5.41) is 5.02. The molecule has 0 saturated carbocycles. The van der Waals surface area contributed by atoms with Gasteiger partial charge < -0.3 is 5.32 Å². The highest BCUT2D eigenvalue weighted by atomic mass is 32.2. The van der Waals surface area contributed by atoms with Crippen molar-refractivity contribution in [3.63, 3.8) is 0 Å². The molecule has 0 saturated heterocycles. The number of hydrogen-bond donors (Lipinski definition) is 2. The van der Waals surface area contributed by atoms with E-state index < -0.39 is 10.0 Å². The van der Waals surface area contributed by atoms with Crippen LogP contribution in [0, 0.1) is 0 Å². The Hall–Kier alpha value is -1.74. The third-order valence-corrected chi connectivity index (χ3v) is 7.81. The molecule has 8 heteroatoms. The van der Waals surface area contributed by atoms with E-state index in [2.05, 4.69) is 47.2 Å². The Balaban J connectivity index is 1.37. The van der Waals surface area contributed by atoms with Crippen molar-refractivity contribution in [1.29, 1.82) is 0 Å². The lowest BCUT2D eigenvalue weighted by Crippen LogP contribution is -2.38. The summed E-state index contributed by atoms with van der Waals surface area (Å²) >= 11 is 1.81. The average Bonchev–Trinajstić information content (AvgIpc) is 3.15. The maximum atomic E-state index is 12.4. The molecule has 0 spiro atoms. The molecule has 0 radical (unpaired) electrons. The third kappa shape index (κ3) is 6.14. The van der Waals surface area contributed by atoms with Crippen LogP contribution < -0.4 is 10.0 Å². The first-order valence-electron chi connectivity index (χ1n) is 10.3. The fraction of sp³-hybridized carbons (Fsp3) is 0.500. The van der Waals surface area contributed by atoms with Crippen LogP contribution in [0.15, 0.2) is 40.6 Å². The van der Waals surface area contributed by atoms with Crippen molar-refractivity contribution in [2.75, 3.05) is 26.2 Å². The van der Waals surface area contributed by atoms with E-state index in [9.17, 15) is 13.2 Å². The quantitative estimate of drug-likeness (QED) is 0.650. The van der Waals surface area contributed by atoms with Crippen molar-refractivity contribution in [2.24, 2.45) is 0 Å². The van der Waals surface area contributed by atoms with Gasteiger partial charge in [-0.15, -0.1) is 11.3 Å². The predicted octanol–water partition coefficient (Wildman–Crippen LogP) is 2.89. The summed E-state index contributed by atoms with van der Waals surface area (Å²) in [6, 6.07) is 9.07. The minimum Gasteiger partial charge on any atom is -0.355 e. The van der Waals surface area contributed by atoms with Crippen molar-refractivity contribution in [1.82, 2.24) is 14.9 Å². The molecule has 2 N–H and O–H groups in total. The molecular weight excluding hydrogens is 418 g/mol. The minimum absolute atomic E-state index is 0.0337. The average molecular weight is 450 g/mol. The lowest BCUT2D eigenvalue weighted by molar-refractivity contribution is -0.120. The van der Waals surface area contributed by atoms with Crippen molar-refractivity contribution in [2.45, 2.75) is 50.5 Å². The molecule has 0 fully saturated rings. The second kappa shape index (κ2) is 9.60. The monoisotopic (exact) mass is 449 g/mol. The molecule has 30 heavy (non-hydrogen) atoms. The van der Waals surface area contributed by atoms with E-state index in [-0.39, 0.29) is 29.2 Å². The van der Waals surface area contributed by atoms with Crippen LogP contribution in [0.1, 0.15) is 43.2 Å². The van der Waals surface area contributed by atoms with Gasteiger partial charge in [0.2, 0.25) is 15.9 Å². The molecule has 164 valence electrons. The lowest BCUT2D eigenvalue weighted by atomic mass is 9.87. The molecule has 1 aliphatic rings. The molecule has 1 aliphatic heterocycles. The highest BCUT2D eigenvalue weighted by Crippen LogP contribution is 2.24. The normalized spacial score (nSPS) is 15.0. The molecule has 0 aliphatic carbocycles. The van der Waals surface area contributed by atoms with Gasteiger partial charge in [-0.3, -0.25) is 9.69 Å². The van der Waals surface area contributed by atoms with E-state index in [1.165, 1.54) is 10.4 Å². The number of sulfonamides is 1.